The molecule has 0 aromatic rings. The molecule has 0 aliphatic carbocycles. The summed E-state index contributed by atoms with van der Waals surface area (Å²) < 4.78 is 0. The van der Waals surface area contributed by atoms with Crippen molar-refractivity contribution in [2.24, 2.45) is 0 Å². The van der Waals surface area contributed by atoms with E-state index in [0.29, 0.717) is 6.42 Å². The van der Waals surface area contributed by atoms with Gasteiger partial charge >= 0.3 is 5.97 Å². The van der Waals surface area contributed by atoms with Crippen LogP contribution in [0.25, 0.3) is 0 Å². The minimum Gasteiger partial charge on any atom is -0.481 e. The third kappa shape index (κ3) is 39.8. The first-order chi connectivity index (χ1) is 20.8. The molecule has 0 bridgehead atoms. The van der Waals surface area contributed by atoms with Crippen molar-refractivity contribution in [2.45, 2.75) is 238 Å². The van der Waals surface area contributed by atoms with E-state index in [2.05, 4.69) is 12.6 Å². The van der Waals surface area contributed by atoms with Crippen LogP contribution in [0.3, 0.4) is 0 Å². The number of carboxylic acids is 1. The molecule has 0 fully saturated rings. The van der Waals surface area contributed by atoms with Crippen LogP contribution in [0.5, 0.6) is 0 Å². The Hall–Kier alpha value is -0.180. The summed E-state index contributed by atoms with van der Waals surface area (Å²) in [5, 5.41) is 8.64. The molecule has 0 aromatic heterocycles. The second-order valence-electron chi connectivity index (χ2n) is 13.6. The Morgan fingerprint density at radius 2 is 0.429 bits per heavy atom. The molecule has 0 saturated heterocycles. The number of aliphatic carboxylic acids is 1. The van der Waals surface area contributed by atoms with Crippen LogP contribution in [-0.4, -0.2) is 16.8 Å². The minimum absolute atomic E-state index is 0.346. The standard InChI is InChI=1S/C39H78O2S/c40-39(41)37-35-33-31-29-27-25-23-21-19-17-15-13-11-9-7-5-3-1-2-4-6-8-10-12-14-16-18-20-22-24-26-28-30-32-34-36-38-42/h42H,1-38H2,(H,40,41). The van der Waals surface area contributed by atoms with E-state index >= 15 is 0 Å². The normalized spacial score (nSPS) is 11.5. The van der Waals surface area contributed by atoms with Gasteiger partial charge in [0, 0.05) is 6.42 Å². The van der Waals surface area contributed by atoms with Gasteiger partial charge in [0.15, 0.2) is 0 Å². The topological polar surface area (TPSA) is 37.3 Å². The van der Waals surface area contributed by atoms with E-state index in [9.17, 15) is 4.79 Å². The van der Waals surface area contributed by atoms with Crippen molar-refractivity contribution in [3.63, 3.8) is 0 Å². The van der Waals surface area contributed by atoms with Crippen LogP contribution in [0, 0.1) is 0 Å². The van der Waals surface area contributed by atoms with E-state index in [-0.39, 0.29) is 0 Å². The molecule has 0 atom stereocenters. The van der Waals surface area contributed by atoms with Crippen LogP contribution in [0.2, 0.25) is 0 Å². The number of unbranched alkanes of at least 4 members (excludes halogenated alkanes) is 35. The molecule has 0 aromatic carbocycles. The second-order valence-corrected chi connectivity index (χ2v) is 14.0. The van der Waals surface area contributed by atoms with E-state index < -0.39 is 5.97 Å². The highest BCUT2D eigenvalue weighted by Gasteiger charge is 1.99. The van der Waals surface area contributed by atoms with Crippen LogP contribution in [0.1, 0.15) is 238 Å². The van der Waals surface area contributed by atoms with E-state index in [1.165, 1.54) is 218 Å². The van der Waals surface area contributed by atoms with Gasteiger partial charge < -0.3 is 5.11 Å². The Bertz CT molecular complexity index is 495. The fourth-order valence-electron chi connectivity index (χ4n) is 6.40. The van der Waals surface area contributed by atoms with Gasteiger partial charge in [-0.1, -0.05) is 218 Å². The Labute approximate surface area is 271 Å². The van der Waals surface area contributed by atoms with Gasteiger partial charge in [-0.3, -0.25) is 4.79 Å². The Kier molecular flexibility index (Phi) is 38.7. The molecular weight excluding hydrogens is 532 g/mol. The fraction of sp³-hybridized carbons (Fsp3) is 0.974. The number of carbonyl (C=O) groups is 1. The molecule has 0 aliphatic heterocycles. The lowest BCUT2D eigenvalue weighted by molar-refractivity contribution is -0.137. The molecular formula is C39H78O2S. The summed E-state index contributed by atoms with van der Waals surface area (Å²) in [6, 6.07) is 0. The third-order valence-electron chi connectivity index (χ3n) is 9.30. The third-order valence-corrected chi connectivity index (χ3v) is 9.61. The molecule has 0 aliphatic rings. The van der Waals surface area contributed by atoms with Crippen molar-refractivity contribution < 1.29 is 9.90 Å². The van der Waals surface area contributed by atoms with Crippen molar-refractivity contribution in [1.29, 1.82) is 0 Å². The van der Waals surface area contributed by atoms with Crippen molar-refractivity contribution in [3.8, 4) is 0 Å². The molecule has 1 N–H and O–H groups in total. The van der Waals surface area contributed by atoms with Crippen molar-refractivity contribution in [3.05, 3.63) is 0 Å². The molecule has 3 heteroatoms. The van der Waals surface area contributed by atoms with Crippen LogP contribution in [0.15, 0.2) is 0 Å². The van der Waals surface area contributed by atoms with Gasteiger partial charge in [0.05, 0.1) is 0 Å². The quantitative estimate of drug-likeness (QED) is 0.0539. The summed E-state index contributed by atoms with van der Waals surface area (Å²) in [5.41, 5.74) is 0. The summed E-state index contributed by atoms with van der Waals surface area (Å²) in [6.45, 7) is 0. The Morgan fingerprint density at radius 1 is 0.286 bits per heavy atom. The van der Waals surface area contributed by atoms with Crippen molar-refractivity contribution >= 4 is 18.6 Å². The molecule has 0 heterocycles. The Balaban J connectivity index is 3.03. The van der Waals surface area contributed by atoms with Crippen LogP contribution in [-0.2, 0) is 4.79 Å². The SMILES string of the molecule is O=C(O)CCCCCCCCCCCCCCCCCCCCCCCCCCCCCCCCCCCCCCS. The zero-order valence-electron chi connectivity index (χ0n) is 28.7. The molecule has 0 unspecified atom stereocenters. The number of thiol groups is 1. The highest BCUT2D eigenvalue weighted by Crippen LogP contribution is 2.17. The molecule has 2 nitrogen and oxygen atoms in total. The predicted molar refractivity (Wildman–Crippen MR) is 192 cm³/mol. The second kappa shape index (κ2) is 38.8. The van der Waals surface area contributed by atoms with Crippen LogP contribution in [0.4, 0.5) is 0 Å². The molecule has 0 radical (unpaired) electrons. The maximum Gasteiger partial charge on any atom is 0.303 e. The zero-order chi connectivity index (χ0) is 30.4. The molecule has 252 valence electrons. The van der Waals surface area contributed by atoms with Crippen molar-refractivity contribution in [1.82, 2.24) is 0 Å². The summed E-state index contributed by atoms with van der Waals surface area (Å²) in [6.07, 6.45) is 51.1. The number of rotatable bonds is 38. The molecule has 42 heavy (non-hydrogen) atoms. The lowest BCUT2D eigenvalue weighted by Crippen LogP contribution is -1.93. The molecule has 0 amide bonds. The molecule has 0 saturated carbocycles. The van der Waals surface area contributed by atoms with Gasteiger partial charge in [-0.15, -0.1) is 0 Å². The average Bonchev–Trinajstić information content (AvgIpc) is 2.98. The van der Waals surface area contributed by atoms with E-state index in [4.69, 9.17) is 5.11 Å². The first-order valence-electron chi connectivity index (χ1n) is 19.6. The fourth-order valence-corrected chi connectivity index (χ4v) is 6.62. The van der Waals surface area contributed by atoms with Gasteiger partial charge in [-0.05, 0) is 18.6 Å². The van der Waals surface area contributed by atoms with Crippen molar-refractivity contribution in [2.75, 3.05) is 5.75 Å². The summed E-state index contributed by atoms with van der Waals surface area (Å²) >= 11 is 4.29. The number of hydrogen-bond acceptors (Lipinski definition) is 2. The predicted octanol–water partition coefficient (Wildman–Crippen LogP) is 14.4. The van der Waals surface area contributed by atoms with E-state index in [1.807, 2.05) is 0 Å². The van der Waals surface area contributed by atoms with E-state index in [0.717, 1.165) is 18.6 Å². The lowest BCUT2D eigenvalue weighted by Gasteiger charge is -2.05. The smallest absolute Gasteiger partial charge is 0.303 e. The minimum atomic E-state index is -0.648. The number of carboxylic acid groups (broad SMARTS) is 1. The molecule has 0 spiro atoms. The maximum absolute atomic E-state index is 10.5. The van der Waals surface area contributed by atoms with Crippen LogP contribution < -0.4 is 0 Å². The highest BCUT2D eigenvalue weighted by atomic mass is 32.1. The van der Waals surface area contributed by atoms with Gasteiger partial charge in [0.25, 0.3) is 0 Å². The monoisotopic (exact) mass is 611 g/mol. The lowest BCUT2D eigenvalue weighted by atomic mass is 10.0. The van der Waals surface area contributed by atoms with Gasteiger partial charge in [-0.25, -0.2) is 0 Å². The summed E-state index contributed by atoms with van der Waals surface area (Å²) in [7, 11) is 0. The highest BCUT2D eigenvalue weighted by molar-refractivity contribution is 7.80. The summed E-state index contributed by atoms with van der Waals surface area (Å²) in [4.78, 5) is 10.5. The number of hydrogen-bond donors (Lipinski definition) is 2. The first-order valence-corrected chi connectivity index (χ1v) is 20.2. The first kappa shape index (κ1) is 41.8. The average molecular weight is 611 g/mol. The largest absolute Gasteiger partial charge is 0.481 e. The van der Waals surface area contributed by atoms with Crippen LogP contribution >= 0.6 is 12.6 Å². The van der Waals surface area contributed by atoms with Gasteiger partial charge in [0.2, 0.25) is 0 Å². The van der Waals surface area contributed by atoms with Gasteiger partial charge in [0.1, 0.15) is 0 Å². The zero-order valence-corrected chi connectivity index (χ0v) is 29.6. The van der Waals surface area contributed by atoms with E-state index in [1.54, 1.807) is 0 Å². The summed E-state index contributed by atoms with van der Waals surface area (Å²) in [5.74, 6) is 0.415. The Morgan fingerprint density at radius 3 is 0.571 bits per heavy atom. The maximum atomic E-state index is 10.5. The van der Waals surface area contributed by atoms with Gasteiger partial charge in [-0.2, -0.15) is 12.6 Å². The molecule has 0 rings (SSSR count).